The van der Waals surface area contributed by atoms with E-state index >= 15 is 0 Å². The van der Waals surface area contributed by atoms with Gasteiger partial charge in [0.2, 0.25) is 5.91 Å². The SMILES string of the molecule is O=C(NC1CCN(C(=O)c2ccccc2F)CC1)C1CCCN(c2ncccc2C(F)(F)F)C1. The van der Waals surface area contributed by atoms with E-state index in [1.165, 1.54) is 35.4 Å². The third-order valence-corrected chi connectivity index (χ3v) is 6.42. The Morgan fingerprint density at radius 3 is 2.44 bits per heavy atom. The van der Waals surface area contributed by atoms with E-state index in [9.17, 15) is 27.2 Å². The molecular weight excluding hydrogens is 452 g/mol. The van der Waals surface area contributed by atoms with E-state index in [4.69, 9.17) is 0 Å². The fourth-order valence-corrected chi connectivity index (χ4v) is 4.60. The van der Waals surface area contributed by atoms with Crippen molar-refractivity contribution in [3.63, 3.8) is 0 Å². The highest BCUT2D eigenvalue weighted by Crippen LogP contribution is 2.36. The number of hydrogen-bond donors (Lipinski definition) is 1. The molecule has 4 rings (SSSR count). The second-order valence-electron chi connectivity index (χ2n) is 8.71. The number of carbonyl (C=O) groups is 2. The van der Waals surface area contributed by atoms with Gasteiger partial charge in [-0.05, 0) is 49.9 Å². The van der Waals surface area contributed by atoms with E-state index in [0.717, 1.165) is 6.07 Å². The quantitative estimate of drug-likeness (QED) is 0.678. The number of piperidine rings is 2. The maximum absolute atomic E-state index is 13.9. The first-order valence-corrected chi connectivity index (χ1v) is 11.4. The molecule has 6 nitrogen and oxygen atoms in total. The topological polar surface area (TPSA) is 65.5 Å². The fraction of sp³-hybridized carbons (Fsp3) is 0.458. The largest absolute Gasteiger partial charge is 0.419 e. The molecule has 34 heavy (non-hydrogen) atoms. The van der Waals surface area contributed by atoms with Gasteiger partial charge in [0, 0.05) is 38.4 Å². The minimum atomic E-state index is -4.52. The van der Waals surface area contributed by atoms with Gasteiger partial charge in [-0.15, -0.1) is 0 Å². The Hall–Kier alpha value is -3.17. The molecule has 182 valence electrons. The number of halogens is 4. The summed E-state index contributed by atoms with van der Waals surface area (Å²) in [6.07, 6.45) is -0.970. The summed E-state index contributed by atoms with van der Waals surface area (Å²) in [6, 6.07) is 7.94. The summed E-state index contributed by atoms with van der Waals surface area (Å²) in [6.45, 7) is 1.34. The lowest BCUT2D eigenvalue weighted by molar-refractivity contribution is -0.137. The molecule has 1 aromatic heterocycles. The Labute approximate surface area is 194 Å². The highest BCUT2D eigenvalue weighted by atomic mass is 19.4. The smallest absolute Gasteiger partial charge is 0.355 e. The summed E-state index contributed by atoms with van der Waals surface area (Å²) in [7, 11) is 0. The zero-order chi connectivity index (χ0) is 24.3. The molecule has 0 aliphatic carbocycles. The Balaban J connectivity index is 1.33. The van der Waals surface area contributed by atoms with Crippen LogP contribution in [0.4, 0.5) is 23.4 Å². The molecular formula is C24H26F4N4O2. The minimum Gasteiger partial charge on any atom is -0.355 e. The number of likely N-dealkylation sites (tertiary alicyclic amines) is 1. The Morgan fingerprint density at radius 1 is 1.00 bits per heavy atom. The summed E-state index contributed by atoms with van der Waals surface area (Å²) < 4.78 is 54.1. The number of rotatable bonds is 4. The third-order valence-electron chi connectivity index (χ3n) is 6.42. The van der Waals surface area contributed by atoms with Gasteiger partial charge >= 0.3 is 6.18 Å². The van der Waals surface area contributed by atoms with E-state index < -0.39 is 23.5 Å². The van der Waals surface area contributed by atoms with Crippen LogP contribution in [0.1, 0.15) is 41.6 Å². The van der Waals surface area contributed by atoms with E-state index in [1.807, 2.05) is 0 Å². The van der Waals surface area contributed by atoms with Gasteiger partial charge < -0.3 is 15.1 Å². The highest BCUT2D eigenvalue weighted by molar-refractivity contribution is 5.94. The number of amides is 2. The van der Waals surface area contributed by atoms with Gasteiger partial charge in [-0.25, -0.2) is 9.37 Å². The van der Waals surface area contributed by atoms with Gasteiger partial charge in [0.05, 0.1) is 17.0 Å². The van der Waals surface area contributed by atoms with Crippen molar-refractivity contribution in [1.82, 2.24) is 15.2 Å². The highest BCUT2D eigenvalue weighted by Gasteiger charge is 2.37. The molecule has 2 aromatic rings. The number of nitrogens with one attached hydrogen (secondary N) is 1. The van der Waals surface area contributed by atoms with Crippen molar-refractivity contribution in [2.75, 3.05) is 31.1 Å². The van der Waals surface area contributed by atoms with Crippen molar-refractivity contribution in [2.45, 2.75) is 37.9 Å². The van der Waals surface area contributed by atoms with Crippen LogP contribution in [0.2, 0.25) is 0 Å². The lowest BCUT2D eigenvalue weighted by Crippen LogP contribution is -2.50. The van der Waals surface area contributed by atoms with Crippen LogP contribution >= 0.6 is 0 Å². The van der Waals surface area contributed by atoms with Gasteiger partial charge in [-0.1, -0.05) is 12.1 Å². The van der Waals surface area contributed by atoms with Gasteiger partial charge in [-0.2, -0.15) is 13.2 Å². The minimum absolute atomic E-state index is 0.0278. The molecule has 0 spiro atoms. The number of alkyl halides is 3. The average molecular weight is 478 g/mol. The number of pyridine rings is 1. The number of benzene rings is 1. The lowest BCUT2D eigenvalue weighted by atomic mass is 9.95. The molecule has 3 heterocycles. The number of anilines is 1. The number of carbonyl (C=O) groups excluding carboxylic acids is 2. The van der Waals surface area contributed by atoms with Crippen molar-refractivity contribution in [1.29, 1.82) is 0 Å². The molecule has 1 atom stereocenters. The van der Waals surface area contributed by atoms with Crippen LogP contribution in [0.3, 0.4) is 0 Å². The molecule has 0 bridgehead atoms. The standard InChI is InChI=1S/C24H26F4N4O2/c25-20-8-2-1-6-18(20)23(34)31-13-9-17(10-14-31)30-22(33)16-5-4-12-32(15-16)21-19(24(26,27)28)7-3-11-29-21/h1-3,6-8,11,16-17H,4-5,9-10,12-15H2,(H,30,33). The van der Waals surface area contributed by atoms with Crippen LogP contribution < -0.4 is 10.2 Å². The lowest BCUT2D eigenvalue weighted by Gasteiger charge is -2.36. The molecule has 0 saturated carbocycles. The molecule has 2 saturated heterocycles. The van der Waals surface area contributed by atoms with Crippen molar-refractivity contribution in [3.8, 4) is 0 Å². The Bertz CT molecular complexity index is 1040. The van der Waals surface area contributed by atoms with E-state index in [1.54, 1.807) is 11.0 Å². The van der Waals surface area contributed by atoms with Crippen LogP contribution in [0.25, 0.3) is 0 Å². The third kappa shape index (κ3) is 5.31. The van der Waals surface area contributed by atoms with E-state index in [2.05, 4.69) is 10.3 Å². The maximum Gasteiger partial charge on any atom is 0.419 e. The molecule has 2 aliphatic rings. The van der Waals surface area contributed by atoms with Gasteiger partial charge in [-0.3, -0.25) is 9.59 Å². The number of hydrogen-bond acceptors (Lipinski definition) is 4. The van der Waals surface area contributed by atoms with E-state index in [-0.39, 0.29) is 35.8 Å². The molecule has 10 heteroatoms. The number of nitrogens with zero attached hydrogens (tertiary/aromatic N) is 3. The first-order chi connectivity index (χ1) is 16.2. The first-order valence-electron chi connectivity index (χ1n) is 11.4. The zero-order valence-electron chi connectivity index (χ0n) is 18.5. The van der Waals surface area contributed by atoms with Crippen molar-refractivity contribution in [2.24, 2.45) is 5.92 Å². The summed E-state index contributed by atoms with van der Waals surface area (Å²) in [5.74, 6) is -1.73. The van der Waals surface area contributed by atoms with Crippen LogP contribution in [-0.4, -0.2) is 53.9 Å². The molecule has 0 radical (unpaired) electrons. The summed E-state index contributed by atoms with van der Waals surface area (Å²) in [5.41, 5.74) is -0.775. The maximum atomic E-state index is 13.9. The number of aromatic nitrogens is 1. The molecule has 2 fully saturated rings. The molecule has 1 aromatic carbocycles. The van der Waals surface area contributed by atoms with Crippen molar-refractivity contribution >= 4 is 17.6 Å². The molecule has 1 unspecified atom stereocenters. The summed E-state index contributed by atoms with van der Waals surface area (Å²) in [4.78, 5) is 32.5. The van der Waals surface area contributed by atoms with Crippen LogP contribution in [0, 0.1) is 11.7 Å². The van der Waals surface area contributed by atoms with Crippen LogP contribution in [0.15, 0.2) is 42.6 Å². The second kappa shape index (κ2) is 9.99. The zero-order valence-corrected chi connectivity index (χ0v) is 18.5. The molecule has 2 amide bonds. The normalized spacial score (nSPS) is 19.7. The summed E-state index contributed by atoms with van der Waals surface area (Å²) >= 11 is 0. The van der Waals surface area contributed by atoms with Gasteiger partial charge in [0.15, 0.2) is 0 Å². The Morgan fingerprint density at radius 2 is 1.74 bits per heavy atom. The monoisotopic (exact) mass is 478 g/mol. The summed E-state index contributed by atoms with van der Waals surface area (Å²) in [5, 5.41) is 3.00. The predicted molar refractivity (Wildman–Crippen MR) is 118 cm³/mol. The average Bonchev–Trinajstić information content (AvgIpc) is 2.84. The van der Waals surface area contributed by atoms with E-state index in [0.29, 0.717) is 45.3 Å². The van der Waals surface area contributed by atoms with Crippen molar-refractivity contribution < 1.29 is 27.2 Å². The Kier molecular flexibility index (Phi) is 7.04. The van der Waals surface area contributed by atoms with Gasteiger partial charge in [0.1, 0.15) is 11.6 Å². The van der Waals surface area contributed by atoms with Gasteiger partial charge in [0.25, 0.3) is 5.91 Å². The van der Waals surface area contributed by atoms with Crippen LogP contribution in [-0.2, 0) is 11.0 Å². The fourth-order valence-electron chi connectivity index (χ4n) is 4.60. The first kappa shape index (κ1) is 24.0. The molecule has 1 N–H and O–H groups in total. The predicted octanol–water partition coefficient (Wildman–Crippen LogP) is 3.88. The molecule has 2 aliphatic heterocycles. The van der Waals surface area contributed by atoms with Crippen molar-refractivity contribution in [3.05, 3.63) is 59.5 Å². The second-order valence-corrected chi connectivity index (χ2v) is 8.71. The van der Waals surface area contributed by atoms with Crippen LogP contribution in [0.5, 0.6) is 0 Å².